The number of benzene rings is 1. The van der Waals surface area contributed by atoms with Crippen LogP contribution >= 0.6 is 0 Å². The molecule has 0 spiro atoms. The molecule has 5 heteroatoms. The van der Waals surface area contributed by atoms with Crippen molar-refractivity contribution in [2.24, 2.45) is 5.92 Å². The fourth-order valence-electron chi connectivity index (χ4n) is 3.64. The van der Waals surface area contributed by atoms with E-state index >= 15 is 0 Å². The Balaban J connectivity index is 1.53. The number of hydrogen-bond donors (Lipinski definition) is 0. The van der Waals surface area contributed by atoms with Crippen LogP contribution in [-0.4, -0.2) is 62.3 Å². The normalized spacial score (nSPS) is 22.7. The molecular formula is C19H28N2O3. The predicted octanol–water partition coefficient (Wildman–Crippen LogP) is 2.79. The summed E-state index contributed by atoms with van der Waals surface area (Å²) in [7, 11) is 3.85. The first-order valence-electron chi connectivity index (χ1n) is 8.90. The molecule has 1 amide bonds. The third-order valence-corrected chi connectivity index (χ3v) is 5.32. The van der Waals surface area contributed by atoms with Gasteiger partial charge in [-0.3, -0.25) is 0 Å². The molecule has 24 heavy (non-hydrogen) atoms. The van der Waals surface area contributed by atoms with Gasteiger partial charge in [-0.25, -0.2) is 4.79 Å². The number of carbonyl (C=O) groups is 1. The highest BCUT2D eigenvalue weighted by molar-refractivity contribution is 5.70. The molecule has 0 N–H and O–H groups in total. The van der Waals surface area contributed by atoms with Crippen molar-refractivity contribution in [2.45, 2.75) is 31.7 Å². The van der Waals surface area contributed by atoms with Gasteiger partial charge >= 0.3 is 6.09 Å². The summed E-state index contributed by atoms with van der Waals surface area (Å²) in [5.74, 6) is 1.59. The van der Waals surface area contributed by atoms with E-state index in [0.29, 0.717) is 6.61 Å². The van der Waals surface area contributed by atoms with Gasteiger partial charge in [0.25, 0.3) is 0 Å². The molecule has 1 atom stereocenters. The minimum Gasteiger partial charge on any atom is -0.497 e. The Labute approximate surface area is 144 Å². The van der Waals surface area contributed by atoms with Crippen molar-refractivity contribution >= 4 is 6.09 Å². The zero-order chi connectivity index (χ0) is 16.9. The maximum Gasteiger partial charge on any atom is 0.410 e. The third-order valence-electron chi connectivity index (χ3n) is 5.32. The van der Waals surface area contributed by atoms with Gasteiger partial charge in [-0.15, -0.1) is 0 Å². The van der Waals surface area contributed by atoms with Gasteiger partial charge in [0.2, 0.25) is 0 Å². The summed E-state index contributed by atoms with van der Waals surface area (Å²) >= 11 is 0. The molecule has 0 saturated carbocycles. The zero-order valence-corrected chi connectivity index (χ0v) is 14.7. The van der Waals surface area contributed by atoms with Gasteiger partial charge in [0, 0.05) is 6.54 Å². The summed E-state index contributed by atoms with van der Waals surface area (Å²) in [4.78, 5) is 16.4. The van der Waals surface area contributed by atoms with Crippen LogP contribution in [0.15, 0.2) is 24.3 Å². The second-order valence-electron chi connectivity index (χ2n) is 7.01. The zero-order valence-electron chi connectivity index (χ0n) is 14.7. The summed E-state index contributed by atoms with van der Waals surface area (Å²) in [6.07, 6.45) is 4.25. The summed E-state index contributed by atoms with van der Waals surface area (Å²) in [5.41, 5.74) is 1.21. The maximum absolute atomic E-state index is 12.1. The Morgan fingerprint density at radius 2 is 1.92 bits per heavy atom. The number of cyclic esters (lactones) is 1. The number of hydrogen-bond acceptors (Lipinski definition) is 4. The standard InChI is InChI=1S/C19H28N2O3/c1-20-10-7-15(8-11-20)9-12-21-17(14-24-19(21)22)13-16-3-5-18(23-2)6-4-16/h3-6,15,17H,7-14H2,1-2H3. The Morgan fingerprint density at radius 1 is 1.21 bits per heavy atom. The molecular weight excluding hydrogens is 304 g/mol. The van der Waals surface area contributed by atoms with Crippen LogP contribution in [0, 0.1) is 5.92 Å². The molecule has 5 nitrogen and oxygen atoms in total. The molecule has 2 aliphatic heterocycles. The molecule has 1 unspecified atom stereocenters. The Kier molecular flexibility index (Phi) is 5.61. The molecule has 0 radical (unpaired) electrons. The van der Waals surface area contributed by atoms with Crippen molar-refractivity contribution in [1.29, 1.82) is 0 Å². The monoisotopic (exact) mass is 332 g/mol. The van der Waals surface area contributed by atoms with Crippen LogP contribution in [0.3, 0.4) is 0 Å². The van der Waals surface area contributed by atoms with E-state index in [1.54, 1.807) is 7.11 Å². The molecule has 2 aliphatic rings. The number of rotatable bonds is 6. The first-order chi connectivity index (χ1) is 11.7. The van der Waals surface area contributed by atoms with Crippen molar-refractivity contribution in [1.82, 2.24) is 9.80 Å². The third kappa shape index (κ3) is 4.20. The lowest BCUT2D eigenvalue weighted by Crippen LogP contribution is -2.38. The molecule has 2 saturated heterocycles. The minimum atomic E-state index is -0.151. The van der Waals surface area contributed by atoms with Crippen LogP contribution in [-0.2, 0) is 11.2 Å². The fraction of sp³-hybridized carbons (Fsp3) is 0.632. The van der Waals surface area contributed by atoms with Crippen LogP contribution in [0.5, 0.6) is 5.75 Å². The largest absolute Gasteiger partial charge is 0.497 e. The van der Waals surface area contributed by atoms with Gasteiger partial charge < -0.3 is 19.3 Å². The van der Waals surface area contributed by atoms with Gasteiger partial charge in [0.05, 0.1) is 13.2 Å². The summed E-state index contributed by atoms with van der Waals surface area (Å²) in [6, 6.07) is 8.22. The van der Waals surface area contributed by atoms with Crippen molar-refractivity contribution in [2.75, 3.05) is 40.4 Å². The highest BCUT2D eigenvalue weighted by atomic mass is 16.6. The first kappa shape index (κ1) is 17.1. The highest BCUT2D eigenvalue weighted by Gasteiger charge is 2.33. The van der Waals surface area contributed by atoms with E-state index in [1.165, 1.54) is 31.5 Å². The molecule has 132 valence electrons. The summed E-state index contributed by atoms with van der Waals surface area (Å²) < 4.78 is 10.5. The van der Waals surface area contributed by atoms with E-state index < -0.39 is 0 Å². The number of methoxy groups -OCH3 is 1. The maximum atomic E-state index is 12.1. The highest BCUT2D eigenvalue weighted by Crippen LogP contribution is 2.24. The molecule has 3 rings (SSSR count). The number of piperidine rings is 1. The van der Waals surface area contributed by atoms with Crippen LogP contribution in [0.4, 0.5) is 4.79 Å². The lowest BCUT2D eigenvalue weighted by Gasteiger charge is -2.30. The minimum absolute atomic E-state index is 0.150. The van der Waals surface area contributed by atoms with Gasteiger partial charge in [-0.2, -0.15) is 0 Å². The quantitative estimate of drug-likeness (QED) is 0.803. The van der Waals surface area contributed by atoms with Gasteiger partial charge in [-0.1, -0.05) is 12.1 Å². The van der Waals surface area contributed by atoms with Crippen molar-refractivity contribution in [3.8, 4) is 5.75 Å². The van der Waals surface area contributed by atoms with E-state index in [2.05, 4.69) is 24.1 Å². The Hall–Kier alpha value is -1.75. The molecule has 0 aromatic heterocycles. The van der Waals surface area contributed by atoms with E-state index in [9.17, 15) is 4.79 Å². The summed E-state index contributed by atoms with van der Waals surface area (Å²) in [6.45, 7) is 3.65. The van der Waals surface area contributed by atoms with E-state index in [1.807, 2.05) is 17.0 Å². The van der Waals surface area contributed by atoms with E-state index in [-0.39, 0.29) is 12.1 Å². The van der Waals surface area contributed by atoms with Crippen molar-refractivity contribution in [3.05, 3.63) is 29.8 Å². The molecule has 2 heterocycles. The van der Waals surface area contributed by atoms with E-state index in [4.69, 9.17) is 9.47 Å². The fourth-order valence-corrected chi connectivity index (χ4v) is 3.64. The van der Waals surface area contributed by atoms with Crippen LogP contribution in [0.2, 0.25) is 0 Å². The topological polar surface area (TPSA) is 42.0 Å². The number of carbonyl (C=O) groups excluding carboxylic acids is 1. The smallest absolute Gasteiger partial charge is 0.410 e. The first-order valence-corrected chi connectivity index (χ1v) is 8.90. The van der Waals surface area contributed by atoms with Gasteiger partial charge in [0.15, 0.2) is 0 Å². The van der Waals surface area contributed by atoms with Crippen LogP contribution < -0.4 is 4.74 Å². The second kappa shape index (κ2) is 7.88. The molecule has 1 aromatic rings. The molecule has 0 aliphatic carbocycles. The van der Waals surface area contributed by atoms with Crippen molar-refractivity contribution < 1.29 is 14.3 Å². The SMILES string of the molecule is COc1ccc(CC2COC(=O)N2CCC2CCN(C)CC2)cc1. The lowest BCUT2D eigenvalue weighted by molar-refractivity contribution is 0.151. The molecule has 2 fully saturated rings. The lowest BCUT2D eigenvalue weighted by atomic mass is 9.93. The average Bonchev–Trinajstić information content (AvgIpc) is 2.95. The molecule has 0 bridgehead atoms. The second-order valence-corrected chi connectivity index (χ2v) is 7.01. The predicted molar refractivity (Wildman–Crippen MR) is 93.4 cm³/mol. The average molecular weight is 332 g/mol. The van der Waals surface area contributed by atoms with E-state index in [0.717, 1.165) is 31.1 Å². The van der Waals surface area contributed by atoms with Crippen LogP contribution in [0.1, 0.15) is 24.8 Å². The number of ether oxygens (including phenoxy) is 2. The number of amides is 1. The van der Waals surface area contributed by atoms with Gasteiger partial charge in [-0.05, 0) is 69.4 Å². The number of nitrogens with zero attached hydrogens (tertiary/aromatic N) is 2. The summed E-state index contributed by atoms with van der Waals surface area (Å²) in [5, 5.41) is 0. The van der Waals surface area contributed by atoms with Crippen molar-refractivity contribution in [3.63, 3.8) is 0 Å². The van der Waals surface area contributed by atoms with Crippen LogP contribution in [0.25, 0.3) is 0 Å². The molecule has 1 aromatic carbocycles. The van der Waals surface area contributed by atoms with Gasteiger partial charge in [0.1, 0.15) is 12.4 Å². The Morgan fingerprint density at radius 3 is 2.58 bits per heavy atom. The number of likely N-dealkylation sites (tertiary alicyclic amines) is 1. The Bertz CT molecular complexity index is 538.